The predicted molar refractivity (Wildman–Crippen MR) is 107 cm³/mol. The van der Waals surface area contributed by atoms with Gasteiger partial charge < -0.3 is 10.6 Å². The number of carbonyl (C=O) groups excluding carboxylic acids is 2. The molecule has 2 amide bonds. The van der Waals surface area contributed by atoms with E-state index in [0.717, 1.165) is 15.8 Å². The lowest BCUT2D eigenvalue weighted by molar-refractivity contribution is -0.117. The number of anilines is 2. The van der Waals surface area contributed by atoms with E-state index < -0.39 is 17.4 Å². The molecule has 28 heavy (non-hydrogen) atoms. The van der Waals surface area contributed by atoms with Gasteiger partial charge in [-0.3, -0.25) is 14.4 Å². The summed E-state index contributed by atoms with van der Waals surface area (Å²) in [6.45, 7) is 3.52. The minimum atomic E-state index is -0.465. The van der Waals surface area contributed by atoms with Crippen LogP contribution in [0.15, 0.2) is 65.5 Å². The van der Waals surface area contributed by atoms with Crippen molar-refractivity contribution in [1.82, 2.24) is 9.78 Å². The second-order valence-corrected chi connectivity index (χ2v) is 6.40. The van der Waals surface area contributed by atoms with Gasteiger partial charge in [-0.05, 0) is 49.2 Å². The highest BCUT2D eigenvalue weighted by Gasteiger charge is 2.13. The summed E-state index contributed by atoms with van der Waals surface area (Å²) in [7, 11) is 0. The number of nitrogens with zero attached hydrogens (tertiary/aromatic N) is 2. The lowest BCUT2D eigenvalue weighted by Crippen LogP contribution is -2.31. The molecule has 1 aromatic heterocycles. The van der Waals surface area contributed by atoms with E-state index in [9.17, 15) is 14.4 Å². The van der Waals surface area contributed by atoms with E-state index in [2.05, 4.69) is 15.7 Å². The van der Waals surface area contributed by atoms with E-state index in [-0.39, 0.29) is 12.2 Å². The van der Waals surface area contributed by atoms with Crippen LogP contribution in [0.4, 0.5) is 11.4 Å². The second-order valence-electron chi connectivity index (χ2n) is 6.40. The molecule has 0 fully saturated rings. The van der Waals surface area contributed by atoms with Gasteiger partial charge in [-0.25, -0.2) is 4.68 Å². The zero-order chi connectivity index (χ0) is 20.1. The first-order chi connectivity index (χ1) is 13.4. The molecule has 0 aliphatic carbocycles. The van der Waals surface area contributed by atoms with Crippen LogP contribution in [0.1, 0.15) is 21.6 Å². The molecule has 0 radical (unpaired) electrons. The number of carbonyl (C=O) groups is 2. The third-order valence-corrected chi connectivity index (χ3v) is 4.09. The number of hydrogen-bond acceptors (Lipinski definition) is 4. The van der Waals surface area contributed by atoms with Crippen molar-refractivity contribution >= 4 is 23.2 Å². The Morgan fingerprint density at radius 2 is 1.71 bits per heavy atom. The number of aromatic nitrogens is 2. The topological polar surface area (TPSA) is 93.1 Å². The van der Waals surface area contributed by atoms with Crippen LogP contribution in [0.25, 0.3) is 0 Å². The smallest absolute Gasteiger partial charge is 0.276 e. The van der Waals surface area contributed by atoms with Crippen molar-refractivity contribution in [2.24, 2.45) is 0 Å². The number of hydrogen-bond donors (Lipinski definition) is 2. The van der Waals surface area contributed by atoms with Gasteiger partial charge in [0.05, 0.1) is 0 Å². The SMILES string of the molecule is Cc1ccc(C)c(NC(=O)Cn2nc(C(=O)Nc3ccccc3)ccc2=O)c1. The van der Waals surface area contributed by atoms with Gasteiger partial charge in [0.1, 0.15) is 12.2 Å². The zero-order valence-electron chi connectivity index (χ0n) is 15.6. The molecular formula is C21H20N4O3. The van der Waals surface area contributed by atoms with Gasteiger partial charge in [0.2, 0.25) is 5.91 Å². The first kappa shape index (κ1) is 19.0. The summed E-state index contributed by atoms with van der Waals surface area (Å²) >= 11 is 0. The van der Waals surface area contributed by atoms with Gasteiger partial charge in [0.15, 0.2) is 0 Å². The number of amides is 2. The zero-order valence-corrected chi connectivity index (χ0v) is 15.6. The van der Waals surface area contributed by atoms with E-state index in [1.807, 2.05) is 38.1 Å². The summed E-state index contributed by atoms with van der Waals surface area (Å²) < 4.78 is 0.973. The van der Waals surface area contributed by atoms with Crippen LogP contribution in [0, 0.1) is 13.8 Å². The molecule has 3 aromatic rings. The average molecular weight is 376 g/mol. The number of benzene rings is 2. The van der Waals surface area contributed by atoms with E-state index in [4.69, 9.17) is 0 Å². The van der Waals surface area contributed by atoms with Crippen molar-refractivity contribution in [3.05, 3.63) is 87.8 Å². The van der Waals surface area contributed by atoms with Crippen molar-refractivity contribution in [2.45, 2.75) is 20.4 Å². The largest absolute Gasteiger partial charge is 0.324 e. The average Bonchev–Trinajstić information content (AvgIpc) is 2.67. The number of aryl methyl sites for hydroxylation is 2. The van der Waals surface area contributed by atoms with Crippen molar-refractivity contribution in [2.75, 3.05) is 10.6 Å². The van der Waals surface area contributed by atoms with Crippen molar-refractivity contribution in [3.8, 4) is 0 Å². The minimum Gasteiger partial charge on any atom is -0.324 e. The van der Waals surface area contributed by atoms with Gasteiger partial charge in [-0.2, -0.15) is 5.10 Å². The molecule has 0 bridgehead atoms. The fourth-order valence-corrected chi connectivity index (χ4v) is 2.60. The molecule has 2 aromatic carbocycles. The minimum absolute atomic E-state index is 0.0444. The van der Waals surface area contributed by atoms with Crippen molar-refractivity contribution < 1.29 is 9.59 Å². The maximum Gasteiger partial charge on any atom is 0.276 e. The number of rotatable bonds is 5. The van der Waals surface area contributed by atoms with Crippen LogP contribution in [-0.4, -0.2) is 21.6 Å². The molecular weight excluding hydrogens is 356 g/mol. The second kappa shape index (κ2) is 8.30. The summed E-state index contributed by atoms with van der Waals surface area (Å²) in [5.41, 5.74) is 2.79. The molecule has 0 atom stereocenters. The standard InChI is InChI=1S/C21H20N4O3/c1-14-8-9-15(2)18(12-14)23-19(26)13-25-20(27)11-10-17(24-25)21(28)22-16-6-4-3-5-7-16/h3-12H,13H2,1-2H3,(H,22,28)(H,23,26). The van der Waals surface area contributed by atoms with E-state index >= 15 is 0 Å². The molecule has 2 N–H and O–H groups in total. The van der Waals surface area contributed by atoms with Crippen LogP contribution >= 0.6 is 0 Å². The quantitative estimate of drug-likeness (QED) is 0.716. The summed E-state index contributed by atoms with van der Waals surface area (Å²) in [6.07, 6.45) is 0. The Hall–Kier alpha value is -3.74. The summed E-state index contributed by atoms with van der Waals surface area (Å²) in [5.74, 6) is -0.862. The molecule has 0 aliphatic heterocycles. The summed E-state index contributed by atoms with van der Waals surface area (Å²) in [5, 5.41) is 9.49. The van der Waals surface area contributed by atoms with Crippen LogP contribution in [-0.2, 0) is 11.3 Å². The highest BCUT2D eigenvalue weighted by molar-refractivity contribution is 6.02. The molecule has 7 nitrogen and oxygen atoms in total. The molecule has 0 aliphatic rings. The maximum atomic E-state index is 12.4. The van der Waals surface area contributed by atoms with Gasteiger partial charge in [-0.15, -0.1) is 0 Å². The molecule has 1 heterocycles. The molecule has 0 saturated carbocycles. The first-order valence-electron chi connectivity index (χ1n) is 8.74. The predicted octanol–water partition coefficient (Wildman–Crippen LogP) is 2.75. The highest BCUT2D eigenvalue weighted by Crippen LogP contribution is 2.16. The van der Waals surface area contributed by atoms with Gasteiger partial charge in [0, 0.05) is 17.4 Å². The van der Waals surface area contributed by atoms with Crippen LogP contribution in [0.2, 0.25) is 0 Å². The summed E-state index contributed by atoms with van der Waals surface area (Å²) in [6, 6.07) is 17.2. The Morgan fingerprint density at radius 1 is 0.964 bits per heavy atom. The Kier molecular flexibility index (Phi) is 5.64. The van der Waals surface area contributed by atoms with Gasteiger partial charge >= 0.3 is 0 Å². The Balaban J connectivity index is 1.74. The first-order valence-corrected chi connectivity index (χ1v) is 8.74. The Labute approximate surface area is 162 Å². The fourth-order valence-electron chi connectivity index (χ4n) is 2.60. The van der Waals surface area contributed by atoms with Gasteiger partial charge in [-0.1, -0.05) is 30.3 Å². The normalized spacial score (nSPS) is 10.4. The van der Waals surface area contributed by atoms with E-state index in [1.165, 1.54) is 12.1 Å². The monoisotopic (exact) mass is 376 g/mol. The molecule has 3 rings (SSSR count). The third-order valence-electron chi connectivity index (χ3n) is 4.09. The molecule has 7 heteroatoms. The molecule has 0 spiro atoms. The van der Waals surface area contributed by atoms with E-state index in [0.29, 0.717) is 11.4 Å². The van der Waals surface area contributed by atoms with Crippen LogP contribution < -0.4 is 16.2 Å². The van der Waals surface area contributed by atoms with Crippen LogP contribution in [0.3, 0.4) is 0 Å². The van der Waals surface area contributed by atoms with Crippen LogP contribution in [0.5, 0.6) is 0 Å². The van der Waals surface area contributed by atoms with E-state index in [1.54, 1.807) is 24.3 Å². The maximum absolute atomic E-state index is 12.4. The fraction of sp³-hybridized carbons (Fsp3) is 0.143. The van der Waals surface area contributed by atoms with Crippen molar-refractivity contribution in [3.63, 3.8) is 0 Å². The third kappa shape index (κ3) is 4.70. The van der Waals surface area contributed by atoms with Gasteiger partial charge in [0.25, 0.3) is 11.5 Å². The van der Waals surface area contributed by atoms with Crippen molar-refractivity contribution in [1.29, 1.82) is 0 Å². The number of nitrogens with one attached hydrogen (secondary N) is 2. The molecule has 142 valence electrons. The Morgan fingerprint density at radius 3 is 2.46 bits per heavy atom. The summed E-state index contributed by atoms with van der Waals surface area (Å²) in [4.78, 5) is 36.8. The molecule has 0 unspecified atom stereocenters. The lowest BCUT2D eigenvalue weighted by atomic mass is 10.1. The Bertz CT molecular complexity index is 1070. The highest BCUT2D eigenvalue weighted by atomic mass is 16.2. The lowest BCUT2D eigenvalue weighted by Gasteiger charge is -2.11. The number of para-hydroxylation sites is 1. The molecule has 0 saturated heterocycles.